The van der Waals surface area contributed by atoms with Crippen molar-refractivity contribution in [3.63, 3.8) is 0 Å². The normalized spacial score (nSPS) is 16.4. The summed E-state index contributed by atoms with van der Waals surface area (Å²) in [4.78, 5) is 13.3. The van der Waals surface area contributed by atoms with E-state index in [4.69, 9.17) is 5.11 Å². The summed E-state index contributed by atoms with van der Waals surface area (Å²) >= 11 is 0. The summed E-state index contributed by atoms with van der Waals surface area (Å²) in [6, 6.07) is 1.20. The Kier molecular flexibility index (Phi) is 5.02. The fourth-order valence-corrected chi connectivity index (χ4v) is 3.56. The van der Waals surface area contributed by atoms with E-state index in [0.717, 1.165) is 25.9 Å². The van der Waals surface area contributed by atoms with Gasteiger partial charge in [0.2, 0.25) is 10.0 Å². The number of aryl methyl sites for hydroxylation is 1. The van der Waals surface area contributed by atoms with E-state index in [1.165, 1.54) is 16.8 Å². The van der Waals surface area contributed by atoms with E-state index >= 15 is 0 Å². The molecule has 8 heteroatoms. The molecule has 0 atom stereocenters. The third-order valence-electron chi connectivity index (χ3n) is 3.66. The van der Waals surface area contributed by atoms with Crippen molar-refractivity contribution >= 4 is 16.0 Å². The third kappa shape index (κ3) is 3.84. The number of likely N-dealkylation sites (tertiary alicyclic amines) is 1. The van der Waals surface area contributed by atoms with Crippen LogP contribution in [0.25, 0.3) is 0 Å². The maximum Gasteiger partial charge on any atom is 0.352 e. The second-order valence-electron chi connectivity index (χ2n) is 5.10. The molecule has 1 saturated heterocycles. The van der Waals surface area contributed by atoms with Crippen molar-refractivity contribution in [2.45, 2.75) is 31.2 Å². The molecule has 0 radical (unpaired) electrons. The molecule has 7 nitrogen and oxygen atoms in total. The van der Waals surface area contributed by atoms with Gasteiger partial charge in [-0.05, 0) is 38.9 Å². The summed E-state index contributed by atoms with van der Waals surface area (Å²) in [5.74, 6) is -1.13. The number of hydrogen-bond donors (Lipinski definition) is 2. The second kappa shape index (κ2) is 6.59. The molecule has 0 amide bonds. The van der Waals surface area contributed by atoms with Crippen molar-refractivity contribution in [3.8, 4) is 0 Å². The fourth-order valence-electron chi connectivity index (χ4n) is 2.50. The molecule has 2 N–H and O–H groups in total. The minimum Gasteiger partial charge on any atom is -0.477 e. The van der Waals surface area contributed by atoms with Crippen LogP contribution in [0, 0.1) is 0 Å². The van der Waals surface area contributed by atoms with Gasteiger partial charge in [0.05, 0.1) is 0 Å². The van der Waals surface area contributed by atoms with Crippen molar-refractivity contribution in [2.75, 3.05) is 26.2 Å². The highest BCUT2D eigenvalue weighted by atomic mass is 32.2. The van der Waals surface area contributed by atoms with Crippen molar-refractivity contribution in [1.29, 1.82) is 0 Å². The van der Waals surface area contributed by atoms with E-state index in [9.17, 15) is 13.2 Å². The number of nitrogens with zero attached hydrogens (tertiary/aromatic N) is 2. The van der Waals surface area contributed by atoms with Crippen molar-refractivity contribution in [2.24, 2.45) is 0 Å². The summed E-state index contributed by atoms with van der Waals surface area (Å²) in [5, 5.41) is 9.05. The number of carboxylic acids is 1. The van der Waals surface area contributed by atoms with Gasteiger partial charge < -0.3 is 14.6 Å². The van der Waals surface area contributed by atoms with Gasteiger partial charge in [0, 0.05) is 25.8 Å². The summed E-state index contributed by atoms with van der Waals surface area (Å²) in [7, 11) is -3.66. The number of rotatable bonds is 7. The Bertz CT molecular complexity index is 603. The minimum atomic E-state index is -3.66. The molecule has 0 bridgehead atoms. The van der Waals surface area contributed by atoms with Crippen LogP contribution in [0.15, 0.2) is 17.2 Å². The van der Waals surface area contributed by atoms with E-state index in [2.05, 4.69) is 9.62 Å². The van der Waals surface area contributed by atoms with Crippen LogP contribution in [0.3, 0.4) is 0 Å². The number of hydrogen-bond acceptors (Lipinski definition) is 4. The number of aromatic nitrogens is 1. The molecular formula is C13H21N3O4S. The average molecular weight is 315 g/mol. The van der Waals surface area contributed by atoms with Crippen molar-refractivity contribution in [3.05, 3.63) is 18.0 Å². The van der Waals surface area contributed by atoms with Crippen LogP contribution in [-0.2, 0) is 16.6 Å². The van der Waals surface area contributed by atoms with E-state index in [-0.39, 0.29) is 10.6 Å². The van der Waals surface area contributed by atoms with Crippen molar-refractivity contribution in [1.82, 2.24) is 14.2 Å². The van der Waals surface area contributed by atoms with E-state index in [0.29, 0.717) is 19.6 Å². The standard InChI is InChI=1S/C13H21N3O4S/c1-2-16-10-11(9-12(16)13(17)18)21(19,20)14-5-8-15-6-3-4-7-15/h9-10,14H,2-8H2,1H3,(H,17,18). The predicted molar refractivity (Wildman–Crippen MR) is 77.9 cm³/mol. The van der Waals surface area contributed by atoms with Crippen molar-refractivity contribution < 1.29 is 18.3 Å². The van der Waals surface area contributed by atoms with E-state index in [1.807, 2.05) is 0 Å². The molecule has 1 aromatic rings. The number of sulfonamides is 1. The van der Waals surface area contributed by atoms with Gasteiger partial charge in [-0.1, -0.05) is 0 Å². The molecule has 2 rings (SSSR count). The fraction of sp³-hybridized carbons (Fsp3) is 0.615. The lowest BCUT2D eigenvalue weighted by atomic mass is 10.4. The lowest BCUT2D eigenvalue weighted by molar-refractivity contribution is 0.0685. The number of nitrogens with one attached hydrogen (secondary N) is 1. The molecule has 0 saturated carbocycles. The molecule has 1 aliphatic rings. The highest BCUT2D eigenvalue weighted by molar-refractivity contribution is 7.89. The molecular weight excluding hydrogens is 294 g/mol. The van der Waals surface area contributed by atoms with Gasteiger partial charge in [-0.25, -0.2) is 17.9 Å². The second-order valence-corrected chi connectivity index (χ2v) is 6.87. The Morgan fingerprint density at radius 3 is 2.57 bits per heavy atom. The maximum absolute atomic E-state index is 12.2. The zero-order valence-electron chi connectivity index (χ0n) is 12.1. The molecule has 1 aromatic heterocycles. The Hall–Kier alpha value is -1.38. The van der Waals surface area contributed by atoms with Crippen LogP contribution in [-0.4, -0.2) is 55.1 Å². The minimum absolute atomic E-state index is 0.00294. The van der Waals surface area contributed by atoms with Gasteiger partial charge in [-0.2, -0.15) is 0 Å². The number of aromatic carboxylic acids is 1. The first kappa shape index (κ1) is 16.0. The van der Waals surface area contributed by atoms with Gasteiger partial charge in [0.15, 0.2) is 0 Å². The van der Waals surface area contributed by atoms with Crippen LogP contribution in [0.5, 0.6) is 0 Å². The molecule has 0 aromatic carbocycles. The Morgan fingerprint density at radius 2 is 2.05 bits per heavy atom. The van der Waals surface area contributed by atoms with Gasteiger partial charge in [-0.15, -0.1) is 0 Å². The Morgan fingerprint density at radius 1 is 1.38 bits per heavy atom. The largest absolute Gasteiger partial charge is 0.477 e. The Labute approximate surface area is 124 Å². The van der Waals surface area contributed by atoms with Gasteiger partial charge in [0.1, 0.15) is 10.6 Å². The smallest absolute Gasteiger partial charge is 0.352 e. The molecule has 1 aliphatic heterocycles. The summed E-state index contributed by atoms with van der Waals surface area (Å²) in [5.41, 5.74) is -0.0163. The SMILES string of the molecule is CCn1cc(S(=O)(=O)NCCN2CCCC2)cc1C(=O)O. The van der Waals surface area contributed by atoms with Crippen LogP contribution in [0.1, 0.15) is 30.3 Å². The van der Waals surface area contributed by atoms with Crippen LogP contribution < -0.4 is 4.72 Å². The maximum atomic E-state index is 12.2. The molecule has 21 heavy (non-hydrogen) atoms. The molecule has 0 unspecified atom stereocenters. The molecule has 118 valence electrons. The lowest BCUT2D eigenvalue weighted by Crippen LogP contribution is -2.33. The van der Waals surface area contributed by atoms with Gasteiger partial charge >= 0.3 is 5.97 Å². The first-order valence-corrected chi connectivity index (χ1v) is 8.58. The van der Waals surface area contributed by atoms with Crippen LogP contribution >= 0.6 is 0 Å². The summed E-state index contributed by atoms with van der Waals surface area (Å²) < 4.78 is 28.3. The first-order valence-electron chi connectivity index (χ1n) is 7.09. The summed E-state index contributed by atoms with van der Waals surface area (Å²) in [6.45, 7) is 5.21. The van der Waals surface area contributed by atoms with Gasteiger partial charge in [0.25, 0.3) is 0 Å². The highest BCUT2D eigenvalue weighted by Crippen LogP contribution is 2.14. The monoisotopic (exact) mass is 315 g/mol. The zero-order valence-corrected chi connectivity index (χ0v) is 12.9. The lowest BCUT2D eigenvalue weighted by Gasteiger charge is -2.14. The topological polar surface area (TPSA) is 91.6 Å². The number of carbonyl (C=O) groups is 1. The van der Waals surface area contributed by atoms with Gasteiger partial charge in [-0.3, -0.25) is 0 Å². The molecule has 2 heterocycles. The van der Waals surface area contributed by atoms with E-state index < -0.39 is 16.0 Å². The van der Waals surface area contributed by atoms with Crippen LogP contribution in [0.4, 0.5) is 0 Å². The average Bonchev–Trinajstić information content (AvgIpc) is 3.07. The summed E-state index contributed by atoms with van der Waals surface area (Å²) in [6.07, 6.45) is 3.68. The predicted octanol–water partition coefficient (Wildman–Crippen LogP) is 0.580. The molecule has 0 spiro atoms. The number of carboxylic acid groups (broad SMARTS) is 1. The highest BCUT2D eigenvalue weighted by Gasteiger charge is 2.21. The first-order chi connectivity index (χ1) is 9.94. The Balaban J connectivity index is 2.03. The van der Waals surface area contributed by atoms with E-state index in [1.54, 1.807) is 6.92 Å². The van der Waals surface area contributed by atoms with Crippen LogP contribution in [0.2, 0.25) is 0 Å². The quantitative estimate of drug-likeness (QED) is 0.768. The molecule has 1 fully saturated rings. The molecule has 0 aliphatic carbocycles. The zero-order chi connectivity index (χ0) is 15.5. The third-order valence-corrected chi connectivity index (χ3v) is 5.09.